The van der Waals surface area contributed by atoms with Crippen LogP contribution in [0.3, 0.4) is 0 Å². The summed E-state index contributed by atoms with van der Waals surface area (Å²) in [5.74, 6) is -0.311. The maximum Gasteiger partial charge on any atom is 0.341 e. The van der Waals surface area contributed by atoms with E-state index in [1.165, 1.54) is 11.3 Å². The number of rotatable bonds is 7. The Hall–Kier alpha value is -0.790. The largest absolute Gasteiger partial charge is 0.462 e. The van der Waals surface area contributed by atoms with Crippen molar-refractivity contribution in [2.75, 3.05) is 23.0 Å². The van der Waals surface area contributed by atoms with Gasteiger partial charge >= 0.3 is 5.97 Å². The van der Waals surface area contributed by atoms with Crippen molar-refractivity contribution in [2.45, 2.75) is 25.7 Å². The Kier molecular flexibility index (Phi) is 4.93. The Morgan fingerprint density at radius 3 is 2.80 bits per heavy atom. The molecule has 1 aliphatic rings. The fraction of sp³-hybridized carbons (Fsp3) is 0.583. The number of alkyl halides is 1. The van der Waals surface area contributed by atoms with Crippen molar-refractivity contribution in [1.82, 2.24) is 0 Å². The SMILES string of the molecule is CCOC(=O)c1c(C2CC2)csc1NS(=O)(=O)CCCl. The number of ether oxygens (including phenoxy) is 1. The average Bonchev–Trinajstić information content (AvgIpc) is 3.11. The normalized spacial score (nSPS) is 15.1. The van der Waals surface area contributed by atoms with Crippen LogP contribution < -0.4 is 4.72 Å². The third kappa shape index (κ3) is 3.65. The van der Waals surface area contributed by atoms with Crippen LogP contribution >= 0.6 is 22.9 Å². The van der Waals surface area contributed by atoms with Crippen LogP contribution in [0.25, 0.3) is 0 Å². The Labute approximate surface area is 127 Å². The zero-order chi connectivity index (χ0) is 14.8. The lowest BCUT2D eigenvalue weighted by Crippen LogP contribution is -2.19. The summed E-state index contributed by atoms with van der Waals surface area (Å²) < 4.78 is 31.0. The maximum atomic E-state index is 12.0. The molecule has 2 rings (SSSR count). The standard InChI is InChI=1S/C12H16ClNO4S2/c1-2-18-12(15)10-9(8-3-4-8)7-19-11(10)14-20(16,17)6-5-13/h7-8,14H,2-6H2,1H3. The second kappa shape index (κ2) is 6.32. The molecular formula is C12H16ClNO4S2. The van der Waals surface area contributed by atoms with Crippen molar-refractivity contribution in [1.29, 1.82) is 0 Å². The number of anilines is 1. The fourth-order valence-corrected chi connectivity index (χ4v) is 4.60. The average molecular weight is 338 g/mol. The Morgan fingerprint density at radius 1 is 1.55 bits per heavy atom. The molecule has 8 heteroatoms. The van der Waals surface area contributed by atoms with Crippen LogP contribution in [-0.2, 0) is 14.8 Å². The summed E-state index contributed by atoms with van der Waals surface area (Å²) in [7, 11) is -3.53. The Morgan fingerprint density at radius 2 is 2.25 bits per heavy atom. The highest BCUT2D eigenvalue weighted by atomic mass is 35.5. The molecule has 112 valence electrons. The third-order valence-electron chi connectivity index (χ3n) is 2.91. The number of halogens is 1. The number of thiophene rings is 1. The smallest absolute Gasteiger partial charge is 0.341 e. The summed E-state index contributed by atoms with van der Waals surface area (Å²) >= 11 is 6.68. The highest BCUT2D eigenvalue weighted by molar-refractivity contribution is 7.93. The van der Waals surface area contributed by atoms with Gasteiger partial charge in [0.2, 0.25) is 10.0 Å². The van der Waals surface area contributed by atoms with Crippen LogP contribution in [0.1, 0.15) is 41.6 Å². The van der Waals surface area contributed by atoms with Gasteiger partial charge in [-0.1, -0.05) is 0 Å². The number of carbonyl (C=O) groups is 1. The molecule has 1 N–H and O–H groups in total. The molecule has 1 aliphatic carbocycles. The van der Waals surface area contributed by atoms with E-state index >= 15 is 0 Å². The van der Waals surface area contributed by atoms with Gasteiger partial charge in [-0.3, -0.25) is 4.72 Å². The predicted octanol–water partition coefficient (Wildman–Crippen LogP) is 2.78. The van der Waals surface area contributed by atoms with Gasteiger partial charge < -0.3 is 4.74 Å². The molecule has 0 atom stereocenters. The predicted molar refractivity (Wildman–Crippen MR) is 80.4 cm³/mol. The number of hydrogen-bond donors (Lipinski definition) is 1. The molecule has 0 bridgehead atoms. The van der Waals surface area contributed by atoms with Crippen LogP contribution in [0, 0.1) is 0 Å². The quantitative estimate of drug-likeness (QED) is 0.613. The molecule has 0 spiro atoms. The van der Waals surface area contributed by atoms with Crippen LogP contribution in [0.2, 0.25) is 0 Å². The topological polar surface area (TPSA) is 72.5 Å². The molecule has 1 fully saturated rings. The lowest BCUT2D eigenvalue weighted by molar-refractivity contribution is 0.0527. The molecule has 0 amide bonds. The minimum Gasteiger partial charge on any atom is -0.462 e. The van der Waals surface area contributed by atoms with E-state index < -0.39 is 16.0 Å². The van der Waals surface area contributed by atoms with Gasteiger partial charge in [0.15, 0.2) is 0 Å². The summed E-state index contributed by atoms with van der Waals surface area (Å²) in [5.41, 5.74) is 1.24. The van der Waals surface area contributed by atoms with Crippen molar-refractivity contribution < 1.29 is 17.9 Å². The molecule has 1 aromatic rings. The van der Waals surface area contributed by atoms with Crippen molar-refractivity contribution in [3.63, 3.8) is 0 Å². The van der Waals surface area contributed by atoms with Crippen molar-refractivity contribution >= 4 is 43.9 Å². The first kappa shape index (κ1) is 15.6. The van der Waals surface area contributed by atoms with Crippen molar-refractivity contribution in [3.05, 3.63) is 16.5 Å². The molecule has 0 radical (unpaired) electrons. The van der Waals surface area contributed by atoms with Crippen molar-refractivity contribution in [2.24, 2.45) is 0 Å². The van der Waals surface area contributed by atoms with Gasteiger partial charge in [-0.15, -0.1) is 22.9 Å². The van der Waals surface area contributed by atoms with Crippen LogP contribution in [0.15, 0.2) is 5.38 Å². The first-order valence-electron chi connectivity index (χ1n) is 6.33. The van der Waals surface area contributed by atoms with Crippen LogP contribution in [-0.4, -0.2) is 32.6 Å². The highest BCUT2D eigenvalue weighted by Gasteiger charge is 2.32. The minimum atomic E-state index is -3.53. The molecule has 1 saturated carbocycles. The van der Waals surface area contributed by atoms with Gasteiger partial charge in [0, 0.05) is 5.88 Å². The van der Waals surface area contributed by atoms with Gasteiger partial charge in [0.1, 0.15) is 5.00 Å². The first-order valence-corrected chi connectivity index (χ1v) is 9.40. The van der Waals surface area contributed by atoms with Crippen LogP contribution in [0.4, 0.5) is 5.00 Å². The highest BCUT2D eigenvalue weighted by Crippen LogP contribution is 2.46. The number of nitrogens with one attached hydrogen (secondary N) is 1. The first-order chi connectivity index (χ1) is 9.48. The molecule has 1 aromatic heterocycles. The second-order valence-corrected chi connectivity index (χ2v) is 7.60. The Balaban J connectivity index is 2.30. The zero-order valence-electron chi connectivity index (χ0n) is 11.0. The minimum absolute atomic E-state index is 0.00489. The summed E-state index contributed by atoms with van der Waals surface area (Å²) in [4.78, 5) is 12.0. The molecule has 0 aliphatic heterocycles. The van der Waals surface area contributed by atoms with Gasteiger partial charge in [0.25, 0.3) is 0 Å². The van der Waals surface area contributed by atoms with Crippen molar-refractivity contribution in [3.8, 4) is 0 Å². The van der Waals surface area contributed by atoms with E-state index in [0.717, 1.165) is 18.4 Å². The van der Waals surface area contributed by atoms with Gasteiger partial charge in [-0.25, -0.2) is 13.2 Å². The fourth-order valence-electron chi connectivity index (χ4n) is 1.85. The van der Waals surface area contributed by atoms with E-state index in [0.29, 0.717) is 16.5 Å². The monoisotopic (exact) mass is 337 g/mol. The molecule has 1 heterocycles. The summed E-state index contributed by atoms with van der Waals surface area (Å²) in [6.07, 6.45) is 2.05. The molecule has 0 saturated heterocycles. The van der Waals surface area contributed by atoms with E-state index in [1.54, 1.807) is 6.92 Å². The Bertz CT molecular complexity index is 593. The molecule has 0 unspecified atom stereocenters. The number of sulfonamides is 1. The van der Waals surface area contributed by atoms with E-state index in [1.807, 2.05) is 5.38 Å². The van der Waals surface area contributed by atoms with Crippen LogP contribution in [0.5, 0.6) is 0 Å². The maximum absolute atomic E-state index is 12.0. The summed E-state index contributed by atoms with van der Waals surface area (Å²) in [5, 5.41) is 2.16. The summed E-state index contributed by atoms with van der Waals surface area (Å²) in [6.45, 7) is 1.98. The number of hydrogen-bond acceptors (Lipinski definition) is 5. The molecular weight excluding hydrogens is 322 g/mol. The zero-order valence-corrected chi connectivity index (χ0v) is 13.4. The second-order valence-electron chi connectivity index (χ2n) is 4.50. The van der Waals surface area contributed by atoms with E-state index in [9.17, 15) is 13.2 Å². The summed E-state index contributed by atoms with van der Waals surface area (Å²) in [6, 6.07) is 0. The number of carbonyl (C=O) groups excluding carboxylic acids is 1. The van der Waals surface area contributed by atoms with Gasteiger partial charge in [0.05, 0.1) is 17.9 Å². The van der Waals surface area contributed by atoms with Gasteiger partial charge in [-0.2, -0.15) is 0 Å². The van der Waals surface area contributed by atoms with E-state index in [-0.39, 0.29) is 18.2 Å². The molecule has 0 aromatic carbocycles. The van der Waals surface area contributed by atoms with E-state index in [4.69, 9.17) is 16.3 Å². The number of esters is 1. The van der Waals surface area contributed by atoms with E-state index in [2.05, 4.69) is 4.72 Å². The molecule has 5 nitrogen and oxygen atoms in total. The third-order valence-corrected chi connectivity index (χ3v) is 5.62. The lowest BCUT2D eigenvalue weighted by atomic mass is 10.1. The lowest BCUT2D eigenvalue weighted by Gasteiger charge is -2.09. The van der Waals surface area contributed by atoms with Gasteiger partial charge in [-0.05, 0) is 36.6 Å². The molecule has 20 heavy (non-hydrogen) atoms.